The summed E-state index contributed by atoms with van der Waals surface area (Å²) in [5, 5.41) is 1.09. The predicted octanol–water partition coefficient (Wildman–Crippen LogP) is 2.74. The minimum atomic E-state index is 0.301. The van der Waals surface area contributed by atoms with Crippen LogP contribution in [0, 0.1) is 5.92 Å². The lowest BCUT2D eigenvalue weighted by Gasteiger charge is -2.22. The first kappa shape index (κ1) is 17.3. The second-order valence-corrected chi connectivity index (χ2v) is 7.65. The van der Waals surface area contributed by atoms with Crippen LogP contribution in [-0.4, -0.2) is 51.2 Å². The quantitative estimate of drug-likeness (QED) is 0.835. The summed E-state index contributed by atoms with van der Waals surface area (Å²) in [7, 11) is 0. The zero-order valence-corrected chi connectivity index (χ0v) is 15.0. The summed E-state index contributed by atoms with van der Waals surface area (Å²) in [6.45, 7) is 13.0. The Morgan fingerprint density at radius 3 is 2.59 bits per heavy atom. The van der Waals surface area contributed by atoms with E-state index in [1.807, 2.05) is 4.90 Å². The van der Waals surface area contributed by atoms with E-state index in [0.717, 1.165) is 50.0 Å². The number of rotatable bonds is 5. The highest BCUT2D eigenvalue weighted by atomic mass is 32.1. The van der Waals surface area contributed by atoms with Gasteiger partial charge in [-0.3, -0.25) is 9.69 Å². The number of nitrogens with zero attached hydrogens (tertiary/aromatic N) is 4. The second-order valence-electron chi connectivity index (χ2n) is 6.81. The Hall–Kier alpha value is -1.01. The Morgan fingerprint density at radius 1 is 1.18 bits per heavy atom. The number of hydrogen-bond donors (Lipinski definition) is 0. The van der Waals surface area contributed by atoms with Crippen LogP contribution in [0.2, 0.25) is 0 Å². The smallest absolute Gasteiger partial charge is 0.222 e. The van der Waals surface area contributed by atoms with Crippen LogP contribution in [0.5, 0.6) is 0 Å². The molecule has 0 radical (unpaired) electrons. The molecule has 1 fully saturated rings. The van der Waals surface area contributed by atoms with Gasteiger partial charge in [0.05, 0.1) is 6.54 Å². The molecule has 1 aliphatic heterocycles. The maximum atomic E-state index is 12.2. The topological polar surface area (TPSA) is 49.3 Å². The summed E-state index contributed by atoms with van der Waals surface area (Å²) >= 11 is 1.51. The third-order valence-electron chi connectivity index (χ3n) is 3.88. The van der Waals surface area contributed by atoms with Gasteiger partial charge in [0.1, 0.15) is 10.8 Å². The zero-order chi connectivity index (χ0) is 16.1. The van der Waals surface area contributed by atoms with Gasteiger partial charge in [0.25, 0.3) is 0 Å². The molecule has 0 bridgehead atoms. The van der Waals surface area contributed by atoms with Crippen molar-refractivity contribution in [1.82, 2.24) is 19.2 Å². The highest BCUT2D eigenvalue weighted by molar-refractivity contribution is 7.05. The van der Waals surface area contributed by atoms with E-state index < -0.39 is 0 Å². The third kappa shape index (κ3) is 5.02. The molecule has 5 nitrogen and oxygen atoms in total. The van der Waals surface area contributed by atoms with Crippen LogP contribution in [0.3, 0.4) is 0 Å². The molecule has 0 unspecified atom stereocenters. The fraction of sp³-hybridized carbons (Fsp3) is 0.812. The summed E-state index contributed by atoms with van der Waals surface area (Å²) in [6, 6.07) is 0. The van der Waals surface area contributed by atoms with Crippen molar-refractivity contribution in [2.45, 2.75) is 53.0 Å². The molecule has 1 aliphatic rings. The molecule has 2 rings (SSSR count). The van der Waals surface area contributed by atoms with Crippen molar-refractivity contribution in [2.75, 3.05) is 26.2 Å². The molecule has 6 heteroatoms. The fourth-order valence-electron chi connectivity index (χ4n) is 2.61. The standard InChI is InChI=1S/C16H28N4OS/c1-12(2)10-15(21)20-7-5-6-19(8-9-20)11-14-17-16(13(3)4)18-22-14/h12-13H,5-11H2,1-4H3. The van der Waals surface area contributed by atoms with Gasteiger partial charge >= 0.3 is 0 Å². The first-order chi connectivity index (χ1) is 10.5. The van der Waals surface area contributed by atoms with Crippen molar-refractivity contribution in [3.8, 4) is 0 Å². The van der Waals surface area contributed by atoms with E-state index in [-0.39, 0.29) is 0 Å². The van der Waals surface area contributed by atoms with Crippen LogP contribution in [0.4, 0.5) is 0 Å². The lowest BCUT2D eigenvalue weighted by molar-refractivity contribution is -0.131. The van der Waals surface area contributed by atoms with Gasteiger partial charge in [-0.25, -0.2) is 4.98 Å². The Kier molecular flexibility index (Phi) is 6.32. The number of aromatic nitrogens is 2. The molecule has 0 atom stereocenters. The number of carbonyl (C=O) groups excluding carboxylic acids is 1. The normalized spacial score (nSPS) is 17.3. The van der Waals surface area contributed by atoms with Gasteiger partial charge in [0.2, 0.25) is 5.91 Å². The minimum Gasteiger partial charge on any atom is -0.341 e. The van der Waals surface area contributed by atoms with Crippen molar-refractivity contribution < 1.29 is 4.79 Å². The molecule has 0 aliphatic carbocycles. The molecule has 0 saturated carbocycles. The van der Waals surface area contributed by atoms with Crippen molar-refractivity contribution in [2.24, 2.45) is 5.92 Å². The minimum absolute atomic E-state index is 0.301. The largest absolute Gasteiger partial charge is 0.341 e. The van der Waals surface area contributed by atoms with Crippen LogP contribution in [0.15, 0.2) is 0 Å². The third-order valence-corrected chi connectivity index (χ3v) is 4.59. The van der Waals surface area contributed by atoms with Gasteiger partial charge in [0, 0.05) is 38.5 Å². The molecule has 2 heterocycles. The van der Waals surface area contributed by atoms with Gasteiger partial charge < -0.3 is 4.90 Å². The van der Waals surface area contributed by atoms with Gasteiger partial charge in [-0.2, -0.15) is 4.37 Å². The monoisotopic (exact) mass is 324 g/mol. The lowest BCUT2D eigenvalue weighted by Crippen LogP contribution is -2.35. The molecule has 0 spiro atoms. The van der Waals surface area contributed by atoms with Crippen molar-refractivity contribution in [3.63, 3.8) is 0 Å². The number of hydrogen-bond acceptors (Lipinski definition) is 5. The van der Waals surface area contributed by atoms with E-state index in [1.54, 1.807) is 0 Å². The summed E-state index contributed by atoms with van der Waals surface area (Å²) in [5.41, 5.74) is 0. The van der Waals surface area contributed by atoms with Gasteiger partial charge in [-0.15, -0.1) is 0 Å². The van der Waals surface area contributed by atoms with Gasteiger partial charge in [-0.1, -0.05) is 27.7 Å². The molecule has 1 saturated heterocycles. The molecule has 1 aromatic rings. The maximum Gasteiger partial charge on any atom is 0.222 e. The molecule has 0 aromatic carbocycles. The fourth-order valence-corrected chi connectivity index (χ4v) is 3.44. The molecular weight excluding hydrogens is 296 g/mol. The number of carbonyl (C=O) groups is 1. The zero-order valence-electron chi connectivity index (χ0n) is 14.2. The maximum absolute atomic E-state index is 12.2. The highest BCUT2D eigenvalue weighted by Gasteiger charge is 2.20. The average Bonchev–Trinajstić information content (AvgIpc) is 2.77. The first-order valence-corrected chi connectivity index (χ1v) is 9.05. The van der Waals surface area contributed by atoms with Crippen molar-refractivity contribution >= 4 is 17.4 Å². The Bertz CT molecular complexity index is 486. The molecule has 1 amide bonds. The Morgan fingerprint density at radius 2 is 1.95 bits per heavy atom. The van der Waals surface area contributed by atoms with E-state index in [0.29, 0.717) is 24.2 Å². The predicted molar refractivity (Wildman–Crippen MR) is 89.9 cm³/mol. The Labute approximate surface area is 137 Å². The lowest BCUT2D eigenvalue weighted by atomic mass is 10.1. The van der Waals surface area contributed by atoms with Crippen LogP contribution in [0.25, 0.3) is 0 Å². The van der Waals surface area contributed by atoms with Gasteiger partial charge in [0.15, 0.2) is 0 Å². The Balaban J connectivity index is 1.86. The molecule has 124 valence electrons. The SMILES string of the molecule is CC(C)CC(=O)N1CCCN(Cc2nc(C(C)C)ns2)CC1. The van der Waals surface area contributed by atoms with Crippen LogP contribution < -0.4 is 0 Å². The van der Waals surface area contributed by atoms with Crippen LogP contribution in [-0.2, 0) is 11.3 Å². The van der Waals surface area contributed by atoms with Crippen molar-refractivity contribution in [1.29, 1.82) is 0 Å². The molecular formula is C16H28N4OS. The van der Waals surface area contributed by atoms with Crippen molar-refractivity contribution in [3.05, 3.63) is 10.8 Å². The van der Waals surface area contributed by atoms with E-state index in [1.165, 1.54) is 11.5 Å². The molecule has 0 N–H and O–H groups in total. The van der Waals surface area contributed by atoms with E-state index in [9.17, 15) is 4.79 Å². The van der Waals surface area contributed by atoms with E-state index in [4.69, 9.17) is 0 Å². The van der Waals surface area contributed by atoms with Gasteiger partial charge in [-0.05, 0) is 23.9 Å². The number of amides is 1. The second kappa shape index (κ2) is 8.02. The van der Waals surface area contributed by atoms with E-state index in [2.05, 4.69) is 42.0 Å². The average molecular weight is 324 g/mol. The molecule has 22 heavy (non-hydrogen) atoms. The summed E-state index contributed by atoms with van der Waals surface area (Å²) < 4.78 is 4.42. The summed E-state index contributed by atoms with van der Waals surface area (Å²) in [6.07, 6.45) is 1.70. The highest BCUT2D eigenvalue weighted by Crippen LogP contribution is 2.16. The summed E-state index contributed by atoms with van der Waals surface area (Å²) in [5.74, 6) is 2.07. The van der Waals surface area contributed by atoms with E-state index >= 15 is 0 Å². The first-order valence-electron chi connectivity index (χ1n) is 8.28. The van der Waals surface area contributed by atoms with Crippen LogP contribution in [0.1, 0.15) is 57.3 Å². The molecule has 1 aromatic heterocycles. The summed E-state index contributed by atoms with van der Waals surface area (Å²) in [4.78, 5) is 21.2. The van der Waals surface area contributed by atoms with Crippen LogP contribution >= 0.6 is 11.5 Å².